The summed E-state index contributed by atoms with van der Waals surface area (Å²) in [7, 11) is -0.982. The van der Waals surface area contributed by atoms with Crippen molar-refractivity contribution in [2.24, 2.45) is 0 Å². The van der Waals surface area contributed by atoms with E-state index >= 15 is 0 Å². The fourth-order valence-corrected chi connectivity index (χ4v) is 1.62. The predicted octanol–water partition coefficient (Wildman–Crippen LogP) is 0.503. The van der Waals surface area contributed by atoms with E-state index in [-0.39, 0.29) is 11.6 Å². The normalized spacial score (nSPS) is 13.9. The molecule has 0 aliphatic rings. The number of nitrogens with one attached hydrogen (secondary N) is 2. The van der Waals surface area contributed by atoms with Gasteiger partial charge in [-0.1, -0.05) is 18.2 Å². The fraction of sp³-hybridized carbons (Fsp3) is 0.333. The van der Waals surface area contributed by atoms with Crippen LogP contribution in [0.3, 0.4) is 0 Å². The summed E-state index contributed by atoms with van der Waals surface area (Å²) in [5.41, 5.74) is 1.02. The van der Waals surface area contributed by atoms with Crippen molar-refractivity contribution in [3.63, 3.8) is 0 Å². The van der Waals surface area contributed by atoms with Crippen LogP contribution in [0.2, 0.25) is 0 Å². The Morgan fingerprint density at radius 1 is 1.29 bits per heavy atom. The van der Waals surface area contributed by atoms with Gasteiger partial charge in [-0.05, 0) is 19.1 Å². The van der Waals surface area contributed by atoms with Crippen molar-refractivity contribution in [3.05, 3.63) is 30.3 Å². The maximum Gasteiger partial charge on any atom is 0.0901 e. The molecule has 5 heteroatoms. The Morgan fingerprint density at radius 3 is 2.36 bits per heavy atom. The average Bonchev–Trinajstić information content (AvgIpc) is 2.04. The van der Waals surface area contributed by atoms with Gasteiger partial charge < -0.3 is 10.8 Å². The Morgan fingerprint density at radius 2 is 1.86 bits per heavy atom. The van der Waals surface area contributed by atoms with Crippen LogP contribution in [-0.4, -0.2) is 22.1 Å². The van der Waals surface area contributed by atoms with Crippen LogP contribution in [-0.2, 0) is 11.0 Å². The summed E-state index contributed by atoms with van der Waals surface area (Å²) in [5, 5.41) is 3.17. The fourth-order valence-electron chi connectivity index (χ4n) is 1.06. The zero-order chi connectivity index (χ0) is 9.68. The van der Waals surface area contributed by atoms with Crippen molar-refractivity contribution in [3.8, 4) is 0 Å². The van der Waals surface area contributed by atoms with Gasteiger partial charge in [0.15, 0.2) is 0 Å². The molecule has 1 aromatic carbocycles. The second-order valence-electron chi connectivity index (χ2n) is 2.80. The Balaban J connectivity index is 0.00000169. The molecule has 2 atom stereocenters. The monoisotopic (exact) mass is 216 g/mol. The van der Waals surface area contributed by atoms with E-state index < -0.39 is 11.0 Å². The minimum atomic E-state index is -0.982. The second kappa shape index (κ2) is 6.53. The van der Waals surface area contributed by atoms with Gasteiger partial charge in [0, 0.05) is 11.9 Å². The van der Waals surface area contributed by atoms with Gasteiger partial charge in [0.1, 0.15) is 0 Å². The first kappa shape index (κ1) is 13.1. The van der Waals surface area contributed by atoms with Gasteiger partial charge in [0.2, 0.25) is 0 Å². The lowest BCUT2D eigenvalue weighted by Crippen LogP contribution is -2.34. The number of anilines is 1. The van der Waals surface area contributed by atoms with Gasteiger partial charge in [0.25, 0.3) is 0 Å². The molecule has 1 rings (SSSR count). The molecule has 0 aliphatic heterocycles. The molecule has 0 aliphatic carbocycles. The third-order valence-electron chi connectivity index (χ3n) is 1.50. The summed E-state index contributed by atoms with van der Waals surface area (Å²) >= 11 is 0. The molecule has 0 aromatic heterocycles. The third-order valence-corrected chi connectivity index (χ3v) is 2.19. The molecule has 0 bridgehead atoms. The van der Waals surface area contributed by atoms with Crippen molar-refractivity contribution < 1.29 is 9.69 Å². The molecule has 4 N–H and O–H groups in total. The summed E-state index contributed by atoms with van der Waals surface area (Å²) < 4.78 is 13.7. The molecule has 0 radical (unpaired) electrons. The molecule has 4 nitrogen and oxygen atoms in total. The van der Waals surface area contributed by atoms with E-state index in [1.807, 2.05) is 37.3 Å². The molecule has 0 saturated heterocycles. The highest BCUT2D eigenvalue weighted by Crippen LogP contribution is 2.05. The second-order valence-corrected chi connectivity index (χ2v) is 3.95. The lowest BCUT2D eigenvalue weighted by Gasteiger charge is -2.14. The van der Waals surface area contributed by atoms with Crippen LogP contribution in [0.1, 0.15) is 6.92 Å². The quantitative estimate of drug-likeness (QED) is 0.719. The summed E-state index contributed by atoms with van der Waals surface area (Å²) in [6.45, 7) is 1.92. The van der Waals surface area contributed by atoms with Crippen molar-refractivity contribution in [1.82, 2.24) is 4.72 Å². The summed E-state index contributed by atoms with van der Waals surface area (Å²) in [6, 6.07) is 9.81. The van der Waals surface area contributed by atoms with Crippen LogP contribution in [0.4, 0.5) is 5.69 Å². The smallest absolute Gasteiger partial charge is 0.0901 e. The van der Waals surface area contributed by atoms with Crippen molar-refractivity contribution in [2.75, 3.05) is 11.6 Å². The number of hydrogen-bond donors (Lipinski definition) is 2. The van der Waals surface area contributed by atoms with Crippen LogP contribution in [0.5, 0.6) is 0 Å². The summed E-state index contributed by atoms with van der Waals surface area (Å²) in [4.78, 5) is 0. The highest BCUT2D eigenvalue weighted by molar-refractivity contribution is 7.82. The lowest BCUT2D eigenvalue weighted by atomic mass is 10.3. The Labute approximate surface area is 86.6 Å². The predicted molar refractivity (Wildman–Crippen MR) is 60.3 cm³/mol. The number of para-hydroxylation sites is 1. The minimum absolute atomic E-state index is 0. The van der Waals surface area contributed by atoms with Gasteiger partial charge in [0.05, 0.1) is 17.2 Å². The van der Waals surface area contributed by atoms with Crippen molar-refractivity contribution >= 4 is 16.7 Å². The lowest BCUT2D eigenvalue weighted by molar-refractivity contribution is 0.663. The van der Waals surface area contributed by atoms with Gasteiger partial charge in [-0.2, -0.15) is 0 Å². The first-order valence-corrected chi connectivity index (χ1v) is 5.65. The Kier molecular flexibility index (Phi) is 6.11. The van der Waals surface area contributed by atoms with Crippen LogP contribution in [0.25, 0.3) is 0 Å². The topological polar surface area (TPSA) is 72.6 Å². The third kappa shape index (κ3) is 4.96. The molecule has 2 unspecified atom stereocenters. The van der Waals surface area contributed by atoms with Gasteiger partial charge >= 0.3 is 0 Å². The Bertz CT molecular complexity index is 279. The molecule has 80 valence electrons. The molecular formula is C9H16N2O2S. The van der Waals surface area contributed by atoms with E-state index in [4.69, 9.17) is 0 Å². The summed E-state index contributed by atoms with van der Waals surface area (Å²) in [5.74, 6) is 0. The molecular weight excluding hydrogens is 200 g/mol. The largest absolute Gasteiger partial charge is 0.412 e. The molecule has 0 heterocycles. The van der Waals surface area contributed by atoms with Crippen molar-refractivity contribution in [1.29, 1.82) is 0 Å². The van der Waals surface area contributed by atoms with Crippen LogP contribution >= 0.6 is 0 Å². The van der Waals surface area contributed by atoms with Crippen molar-refractivity contribution in [2.45, 2.75) is 13.1 Å². The SMILES string of the molecule is CC(Nc1ccccc1)NS(C)=O.O. The molecule has 14 heavy (non-hydrogen) atoms. The standard InChI is InChI=1S/C9H14N2OS.H2O/c1-8(11-13(2)12)10-9-6-4-3-5-7-9;/h3-8,10-11H,1-2H3;1H2. The maximum absolute atomic E-state index is 10.8. The zero-order valence-electron chi connectivity index (χ0n) is 8.28. The van der Waals surface area contributed by atoms with Gasteiger partial charge in [-0.3, -0.25) is 0 Å². The van der Waals surface area contributed by atoms with E-state index in [2.05, 4.69) is 10.0 Å². The van der Waals surface area contributed by atoms with Gasteiger partial charge in [-0.25, -0.2) is 8.93 Å². The summed E-state index contributed by atoms with van der Waals surface area (Å²) in [6.07, 6.45) is 1.62. The molecule has 0 amide bonds. The number of benzene rings is 1. The molecule has 0 fully saturated rings. The van der Waals surface area contributed by atoms with E-state index in [0.29, 0.717) is 0 Å². The highest BCUT2D eigenvalue weighted by atomic mass is 32.2. The van der Waals surface area contributed by atoms with E-state index in [1.165, 1.54) is 0 Å². The Hall–Kier alpha value is -0.910. The van der Waals surface area contributed by atoms with E-state index in [9.17, 15) is 4.21 Å². The minimum Gasteiger partial charge on any atom is -0.412 e. The van der Waals surface area contributed by atoms with Gasteiger partial charge in [-0.15, -0.1) is 0 Å². The first-order chi connectivity index (χ1) is 6.18. The van der Waals surface area contributed by atoms with Crippen LogP contribution < -0.4 is 10.0 Å². The van der Waals surface area contributed by atoms with Crippen LogP contribution in [0, 0.1) is 0 Å². The number of rotatable bonds is 4. The molecule has 1 aromatic rings. The average molecular weight is 216 g/mol. The molecule has 0 saturated carbocycles. The maximum atomic E-state index is 10.8. The zero-order valence-corrected chi connectivity index (χ0v) is 9.10. The highest BCUT2D eigenvalue weighted by Gasteiger charge is 2.00. The van der Waals surface area contributed by atoms with Crippen LogP contribution in [0.15, 0.2) is 30.3 Å². The first-order valence-electron chi connectivity index (χ1n) is 4.09. The van der Waals surface area contributed by atoms with E-state index in [0.717, 1.165) is 5.69 Å². The number of hydrogen-bond acceptors (Lipinski definition) is 2. The molecule has 0 spiro atoms. The van der Waals surface area contributed by atoms with E-state index in [1.54, 1.807) is 6.26 Å².